The number of hydrogen-bond donors (Lipinski definition) is 3. The second kappa shape index (κ2) is 6.39. The predicted octanol–water partition coefficient (Wildman–Crippen LogP) is -0.328. The number of hydrogen-bond acceptors (Lipinski definition) is 4. The van der Waals surface area contributed by atoms with Gasteiger partial charge in [-0.05, 0) is 20.3 Å². The summed E-state index contributed by atoms with van der Waals surface area (Å²) in [5, 5.41) is 15.0. The van der Waals surface area contributed by atoms with Crippen LogP contribution >= 0.6 is 12.4 Å². The highest BCUT2D eigenvalue weighted by Crippen LogP contribution is 2.08. The van der Waals surface area contributed by atoms with E-state index in [2.05, 4.69) is 10.6 Å². The Balaban J connectivity index is 0.00000225. The van der Waals surface area contributed by atoms with E-state index >= 15 is 0 Å². The minimum atomic E-state index is -0.406. The number of aliphatic hydroxyl groups excluding tert-OH is 1. The van der Waals surface area contributed by atoms with Gasteiger partial charge in [0, 0.05) is 20.2 Å². The Morgan fingerprint density at radius 3 is 2.69 bits per heavy atom. The summed E-state index contributed by atoms with van der Waals surface area (Å²) >= 11 is 0. The van der Waals surface area contributed by atoms with E-state index in [-0.39, 0.29) is 30.0 Å². The molecule has 0 saturated carbocycles. The molecule has 0 aromatic carbocycles. The quantitative estimate of drug-likeness (QED) is 0.641. The van der Waals surface area contributed by atoms with Crippen LogP contribution in [-0.4, -0.2) is 49.0 Å². The lowest BCUT2D eigenvalue weighted by Gasteiger charge is -2.24. The summed E-state index contributed by atoms with van der Waals surface area (Å²) in [6, 6.07) is -0.271. The van der Waals surface area contributed by atoms with Crippen molar-refractivity contribution in [3.8, 4) is 0 Å². The lowest BCUT2D eigenvalue weighted by Crippen LogP contribution is -2.46. The number of amides is 1. The van der Waals surface area contributed by atoms with Crippen molar-refractivity contribution in [2.24, 2.45) is 0 Å². The van der Waals surface area contributed by atoms with Gasteiger partial charge >= 0.3 is 0 Å². The number of carbonyl (C=O) groups excluding carboxylic acids is 1. The first-order valence-corrected chi connectivity index (χ1v) is 5.19. The fourth-order valence-electron chi connectivity index (χ4n) is 1.41. The maximum Gasteiger partial charge on any atom is 0.237 e. The molecule has 0 unspecified atom stereocenters. The Bertz CT molecular complexity index is 236. The minimum Gasteiger partial charge on any atom is -0.392 e. The molecular weight excluding hydrogens is 232 g/mol. The van der Waals surface area contributed by atoms with E-state index in [1.807, 2.05) is 13.8 Å². The summed E-state index contributed by atoms with van der Waals surface area (Å²) < 4.78 is 5.19. The van der Waals surface area contributed by atoms with Gasteiger partial charge in [-0.15, -0.1) is 12.4 Å². The Kier molecular flexibility index (Phi) is 6.25. The smallest absolute Gasteiger partial charge is 0.237 e. The molecule has 0 spiro atoms. The van der Waals surface area contributed by atoms with E-state index < -0.39 is 6.10 Å². The largest absolute Gasteiger partial charge is 0.392 e. The first-order valence-electron chi connectivity index (χ1n) is 5.19. The standard InChI is InChI=1S/C10H20N2O3.ClH/c1-10(2,15-3)6-12-9(14)8-4-7(13)5-11-8;/h7-8,11,13H,4-6H2,1-3H3,(H,12,14);1H/t7-,8+;/m0./s1. The topological polar surface area (TPSA) is 70.6 Å². The number of rotatable bonds is 4. The van der Waals surface area contributed by atoms with Crippen molar-refractivity contribution in [1.29, 1.82) is 0 Å². The van der Waals surface area contributed by atoms with Crippen molar-refractivity contribution in [1.82, 2.24) is 10.6 Å². The summed E-state index contributed by atoms with van der Waals surface area (Å²) in [5.41, 5.74) is -0.354. The zero-order valence-electron chi connectivity index (χ0n) is 9.95. The van der Waals surface area contributed by atoms with Crippen LogP contribution in [0.25, 0.3) is 0 Å². The van der Waals surface area contributed by atoms with Crippen LogP contribution in [0.3, 0.4) is 0 Å². The highest BCUT2D eigenvalue weighted by atomic mass is 35.5. The maximum absolute atomic E-state index is 11.6. The SMILES string of the molecule is COC(C)(C)CNC(=O)[C@H]1C[C@H](O)CN1.Cl. The van der Waals surface area contributed by atoms with E-state index in [4.69, 9.17) is 4.74 Å². The molecule has 1 heterocycles. The molecule has 1 saturated heterocycles. The molecule has 0 aromatic rings. The number of ether oxygens (including phenoxy) is 1. The molecular formula is C10H21ClN2O3. The Hall–Kier alpha value is -0.360. The highest BCUT2D eigenvalue weighted by Gasteiger charge is 2.29. The molecule has 2 atom stereocenters. The van der Waals surface area contributed by atoms with Gasteiger partial charge in [0.1, 0.15) is 0 Å². The lowest BCUT2D eigenvalue weighted by molar-refractivity contribution is -0.124. The van der Waals surface area contributed by atoms with Crippen molar-refractivity contribution in [2.75, 3.05) is 20.2 Å². The Morgan fingerprint density at radius 1 is 1.62 bits per heavy atom. The van der Waals surface area contributed by atoms with Crippen LogP contribution in [0.2, 0.25) is 0 Å². The van der Waals surface area contributed by atoms with Crippen LogP contribution < -0.4 is 10.6 Å². The molecule has 1 amide bonds. The number of methoxy groups -OCH3 is 1. The van der Waals surface area contributed by atoms with Crippen LogP contribution in [0, 0.1) is 0 Å². The third kappa shape index (κ3) is 4.65. The molecule has 6 heteroatoms. The van der Waals surface area contributed by atoms with Crippen LogP contribution in [0.1, 0.15) is 20.3 Å². The first kappa shape index (κ1) is 15.6. The summed E-state index contributed by atoms with van der Waals surface area (Å²) in [6.07, 6.45) is 0.0791. The van der Waals surface area contributed by atoms with E-state index in [1.165, 1.54) is 0 Å². The number of aliphatic hydroxyl groups is 1. The predicted molar refractivity (Wildman–Crippen MR) is 63.8 cm³/mol. The van der Waals surface area contributed by atoms with Crippen molar-refractivity contribution in [3.05, 3.63) is 0 Å². The number of carbonyl (C=O) groups is 1. The second-order valence-electron chi connectivity index (χ2n) is 4.53. The minimum absolute atomic E-state index is 0. The third-order valence-corrected chi connectivity index (χ3v) is 2.67. The lowest BCUT2D eigenvalue weighted by atomic mass is 10.1. The van der Waals surface area contributed by atoms with Crippen molar-refractivity contribution in [3.63, 3.8) is 0 Å². The van der Waals surface area contributed by atoms with Gasteiger partial charge in [-0.25, -0.2) is 0 Å². The summed E-state index contributed by atoms with van der Waals surface area (Å²) in [4.78, 5) is 11.6. The zero-order valence-corrected chi connectivity index (χ0v) is 10.8. The molecule has 0 aromatic heterocycles. The van der Waals surface area contributed by atoms with Gasteiger partial charge < -0.3 is 20.5 Å². The van der Waals surface area contributed by atoms with Gasteiger partial charge in [0.25, 0.3) is 0 Å². The van der Waals surface area contributed by atoms with E-state index in [1.54, 1.807) is 7.11 Å². The highest BCUT2D eigenvalue weighted by molar-refractivity contribution is 5.85. The van der Waals surface area contributed by atoms with Crippen LogP contribution in [0.4, 0.5) is 0 Å². The average Bonchev–Trinajstić information content (AvgIpc) is 2.61. The van der Waals surface area contributed by atoms with E-state index in [0.29, 0.717) is 19.5 Å². The second-order valence-corrected chi connectivity index (χ2v) is 4.53. The van der Waals surface area contributed by atoms with Gasteiger partial charge in [-0.2, -0.15) is 0 Å². The van der Waals surface area contributed by atoms with Crippen LogP contribution in [0.5, 0.6) is 0 Å². The average molecular weight is 253 g/mol. The van der Waals surface area contributed by atoms with E-state index in [0.717, 1.165) is 0 Å². The molecule has 3 N–H and O–H groups in total. The molecule has 96 valence electrons. The first-order chi connectivity index (χ1) is 6.94. The number of nitrogens with one attached hydrogen (secondary N) is 2. The normalized spacial score (nSPS) is 25.0. The van der Waals surface area contributed by atoms with Crippen LogP contribution in [-0.2, 0) is 9.53 Å². The van der Waals surface area contributed by atoms with Gasteiger partial charge in [0.15, 0.2) is 0 Å². The van der Waals surface area contributed by atoms with Gasteiger partial charge in [0.2, 0.25) is 5.91 Å². The van der Waals surface area contributed by atoms with Crippen molar-refractivity contribution >= 4 is 18.3 Å². The van der Waals surface area contributed by atoms with Gasteiger partial charge in [-0.3, -0.25) is 4.79 Å². The fraction of sp³-hybridized carbons (Fsp3) is 0.900. The van der Waals surface area contributed by atoms with Gasteiger partial charge in [0.05, 0.1) is 17.7 Å². The summed E-state index contributed by atoms with van der Waals surface area (Å²) in [5.74, 6) is -0.0725. The van der Waals surface area contributed by atoms with Crippen molar-refractivity contribution < 1.29 is 14.6 Å². The van der Waals surface area contributed by atoms with Crippen molar-refractivity contribution in [2.45, 2.75) is 38.0 Å². The molecule has 0 bridgehead atoms. The molecule has 0 radical (unpaired) electrons. The number of halogens is 1. The third-order valence-electron chi connectivity index (χ3n) is 2.67. The molecule has 1 fully saturated rings. The molecule has 1 rings (SSSR count). The number of β-amino-alcohol motifs (C(OH)–C–C–N with tert-alkyl or cyclic N) is 1. The Labute approximate surface area is 102 Å². The van der Waals surface area contributed by atoms with E-state index in [9.17, 15) is 9.90 Å². The molecule has 5 nitrogen and oxygen atoms in total. The molecule has 1 aliphatic rings. The summed E-state index contributed by atoms with van der Waals surface area (Å²) in [6.45, 7) is 4.77. The fourth-order valence-corrected chi connectivity index (χ4v) is 1.41. The monoisotopic (exact) mass is 252 g/mol. The molecule has 1 aliphatic heterocycles. The zero-order chi connectivity index (χ0) is 11.5. The summed E-state index contributed by atoms with van der Waals surface area (Å²) in [7, 11) is 1.61. The maximum atomic E-state index is 11.6. The molecule has 0 aliphatic carbocycles. The Morgan fingerprint density at radius 2 is 2.25 bits per heavy atom. The van der Waals surface area contributed by atoms with Crippen LogP contribution in [0.15, 0.2) is 0 Å². The van der Waals surface area contributed by atoms with Gasteiger partial charge in [-0.1, -0.05) is 0 Å². The molecule has 16 heavy (non-hydrogen) atoms.